The molecule has 0 aliphatic heterocycles. The average molecular weight is 502 g/mol. The molecule has 3 rings (SSSR count). The number of alkyl halides is 3. The molecule has 0 bridgehead atoms. The Bertz CT molecular complexity index is 1130. The van der Waals surface area contributed by atoms with Gasteiger partial charge in [0.05, 0.1) is 5.56 Å². The third kappa shape index (κ3) is 6.69. The molecule has 3 aromatic rings. The van der Waals surface area contributed by atoms with Crippen molar-refractivity contribution in [1.29, 1.82) is 0 Å². The van der Waals surface area contributed by atoms with E-state index in [4.69, 9.17) is 0 Å². The van der Waals surface area contributed by atoms with E-state index >= 15 is 0 Å². The number of amides is 1. The molecular weight excluding hydrogens is 463 g/mol. The number of nitrogens with zero attached hydrogens (tertiary/aromatic N) is 1. The predicted octanol–water partition coefficient (Wildman–Crippen LogP) is 6.90. The van der Waals surface area contributed by atoms with E-state index in [2.05, 4.69) is 29.0 Å². The number of aromatic amines is 1. The molecule has 1 amide bonds. The van der Waals surface area contributed by atoms with E-state index in [1.54, 1.807) is 12.3 Å². The number of fused-ring (bicyclic) bond motifs is 1. The van der Waals surface area contributed by atoms with E-state index in [1.807, 2.05) is 32.0 Å². The third-order valence-electron chi connectivity index (χ3n) is 7.03. The van der Waals surface area contributed by atoms with Crippen molar-refractivity contribution in [1.82, 2.24) is 15.2 Å². The maximum absolute atomic E-state index is 14.0. The van der Waals surface area contributed by atoms with Crippen molar-refractivity contribution in [3.63, 3.8) is 0 Å². The normalized spacial score (nSPS) is 13.8. The Kier molecular flexibility index (Phi) is 9.60. The van der Waals surface area contributed by atoms with Crippen LogP contribution in [0.3, 0.4) is 0 Å². The summed E-state index contributed by atoms with van der Waals surface area (Å²) in [6.45, 7) is 11.2. The summed E-state index contributed by atoms with van der Waals surface area (Å²) in [4.78, 5) is 18.7. The molecule has 1 aromatic heterocycles. The van der Waals surface area contributed by atoms with Crippen LogP contribution >= 0.6 is 0 Å². The van der Waals surface area contributed by atoms with Gasteiger partial charge in [0, 0.05) is 35.5 Å². The highest BCUT2D eigenvalue weighted by Crippen LogP contribution is 2.41. The van der Waals surface area contributed by atoms with Gasteiger partial charge in [-0.2, -0.15) is 13.2 Å². The molecule has 4 nitrogen and oxygen atoms in total. The van der Waals surface area contributed by atoms with Gasteiger partial charge in [-0.1, -0.05) is 57.2 Å². The van der Waals surface area contributed by atoms with E-state index in [1.165, 1.54) is 12.1 Å². The first kappa shape index (κ1) is 27.8. The lowest BCUT2D eigenvalue weighted by Crippen LogP contribution is -2.34. The second-order valence-electron chi connectivity index (χ2n) is 9.42. The zero-order valence-corrected chi connectivity index (χ0v) is 21.7. The van der Waals surface area contributed by atoms with Crippen LogP contribution in [0.5, 0.6) is 0 Å². The zero-order valence-electron chi connectivity index (χ0n) is 21.7. The van der Waals surface area contributed by atoms with Gasteiger partial charge in [-0.15, -0.1) is 0 Å². The zero-order chi connectivity index (χ0) is 26.3. The van der Waals surface area contributed by atoms with Crippen LogP contribution in [-0.2, 0) is 17.4 Å². The topological polar surface area (TPSA) is 48.1 Å². The van der Waals surface area contributed by atoms with Crippen LogP contribution in [0.2, 0.25) is 0 Å². The minimum atomic E-state index is -4.51. The van der Waals surface area contributed by atoms with Crippen molar-refractivity contribution >= 4 is 16.8 Å². The Morgan fingerprint density at radius 1 is 1.03 bits per heavy atom. The molecular formula is C29H38F3N3O. The monoisotopic (exact) mass is 501 g/mol. The SMILES string of the molecule is CCc1cccc2c([C@@H](CC(=O)N[C@@H](C)CCCN(CC)CC)c3ccccc3C(F)(F)F)c[nH]c12. The second-order valence-corrected chi connectivity index (χ2v) is 9.42. The maximum Gasteiger partial charge on any atom is 0.416 e. The van der Waals surface area contributed by atoms with Crippen molar-refractivity contribution in [2.45, 2.75) is 71.5 Å². The third-order valence-corrected chi connectivity index (χ3v) is 7.03. The highest BCUT2D eigenvalue weighted by molar-refractivity contribution is 5.88. The van der Waals surface area contributed by atoms with Crippen LogP contribution in [0, 0.1) is 0 Å². The Morgan fingerprint density at radius 2 is 1.75 bits per heavy atom. The van der Waals surface area contributed by atoms with E-state index < -0.39 is 17.7 Å². The van der Waals surface area contributed by atoms with Crippen molar-refractivity contribution in [2.24, 2.45) is 0 Å². The van der Waals surface area contributed by atoms with Crippen LogP contribution in [0.25, 0.3) is 10.9 Å². The summed E-state index contributed by atoms with van der Waals surface area (Å²) < 4.78 is 41.9. The summed E-state index contributed by atoms with van der Waals surface area (Å²) >= 11 is 0. The van der Waals surface area contributed by atoms with E-state index in [-0.39, 0.29) is 23.9 Å². The molecule has 7 heteroatoms. The van der Waals surface area contributed by atoms with Crippen LogP contribution in [0.1, 0.15) is 75.1 Å². The molecule has 0 unspecified atom stereocenters. The van der Waals surface area contributed by atoms with Gasteiger partial charge >= 0.3 is 6.18 Å². The smallest absolute Gasteiger partial charge is 0.361 e. The number of aromatic nitrogens is 1. The Labute approximate surface area is 212 Å². The molecule has 0 aliphatic carbocycles. The predicted molar refractivity (Wildman–Crippen MR) is 140 cm³/mol. The number of carbonyl (C=O) groups is 1. The number of rotatable bonds is 12. The summed E-state index contributed by atoms with van der Waals surface area (Å²) in [7, 11) is 0. The van der Waals surface area contributed by atoms with Crippen molar-refractivity contribution in [2.75, 3.05) is 19.6 Å². The molecule has 0 fully saturated rings. The van der Waals surface area contributed by atoms with Crippen LogP contribution in [0.15, 0.2) is 48.7 Å². The number of H-pyrrole nitrogens is 1. The van der Waals surface area contributed by atoms with Gasteiger partial charge in [0.15, 0.2) is 0 Å². The van der Waals surface area contributed by atoms with Gasteiger partial charge < -0.3 is 15.2 Å². The Hall–Kier alpha value is -2.80. The van der Waals surface area contributed by atoms with Gasteiger partial charge in [-0.25, -0.2) is 0 Å². The van der Waals surface area contributed by atoms with Crippen LogP contribution in [0.4, 0.5) is 13.2 Å². The molecule has 0 radical (unpaired) electrons. The molecule has 0 spiro atoms. The minimum absolute atomic E-state index is 0.0544. The fourth-order valence-corrected chi connectivity index (χ4v) is 5.02. The molecule has 0 saturated heterocycles. The highest BCUT2D eigenvalue weighted by Gasteiger charge is 2.36. The second kappa shape index (κ2) is 12.4. The lowest BCUT2D eigenvalue weighted by Gasteiger charge is -2.23. The average Bonchev–Trinajstić information content (AvgIpc) is 3.29. The first-order valence-electron chi connectivity index (χ1n) is 13.0. The molecule has 2 atom stereocenters. The van der Waals surface area contributed by atoms with Crippen molar-refractivity contribution in [3.05, 3.63) is 70.9 Å². The molecule has 2 N–H and O–H groups in total. The van der Waals surface area contributed by atoms with E-state index in [0.29, 0.717) is 5.56 Å². The molecule has 2 aromatic carbocycles. The number of carbonyl (C=O) groups excluding carboxylic acids is 1. The number of benzene rings is 2. The van der Waals surface area contributed by atoms with Gasteiger partial charge in [-0.05, 0) is 68.6 Å². The van der Waals surface area contributed by atoms with Gasteiger partial charge in [-0.3, -0.25) is 4.79 Å². The molecule has 0 aliphatic rings. The Morgan fingerprint density at radius 3 is 2.42 bits per heavy atom. The molecule has 0 saturated carbocycles. The van der Waals surface area contributed by atoms with Crippen LogP contribution < -0.4 is 5.32 Å². The number of nitrogens with one attached hydrogen (secondary N) is 2. The number of halogens is 3. The van der Waals surface area contributed by atoms with E-state index in [0.717, 1.165) is 61.4 Å². The van der Waals surface area contributed by atoms with Gasteiger partial charge in [0.2, 0.25) is 5.91 Å². The first-order valence-corrected chi connectivity index (χ1v) is 13.0. The van der Waals surface area contributed by atoms with Crippen molar-refractivity contribution < 1.29 is 18.0 Å². The standard InChI is InChI=1S/C29H38F3N3O/c1-5-21-13-10-15-23-25(19-33-28(21)23)24(22-14-8-9-16-26(22)29(30,31)32)18-27(36)34-20(4)12-11-17-35(6-2)7-3/h8-10,13-16,19-20,24,33H,5-7,11-12,17-18H2,1-4H3,(H,34,36)/t20-,24-/m0/s1. The number of hydrogen-bond acceptors (Lipinski definition) is 2. The van der Waals surface area contributed by atoms with Gasteiger partial charge in [0.25, 0.3) is 0 Å². The van der Waals surface area contributed by atoms with Crippen molar-refractivity contribution in [3.8, 4) is 0 Å². The Balaban J connectivity index is 1.89. The minimum Gasteiger partial charge on any atom is -0.361 e. The summed E-state index contributed by atoms with van der Waals surface area (Å²) in [5.41, 5.74) is 2.14. The summed E-state index contributed by atoms with van der Waals surface area (Å²) in [5.74, 6) is -0.972. The molecule has 196 valence electrons. The number of para-hydroxylation sites is 1. The van der Waals surface area contributed by atoms with Crippen LogP contribution in [-0.4, -0.2) is 41.5 Å². The lowest BCUT2D eigenvalue weighted by molar-refractivity contribution is -0.138. The summed E-state index contributed by atoms with van der Waals surface area (Å²) in [6, 6.07) is 11.4. The molecule has 1 heterocycles. The number of hydrogen-bond donors (Lipinski definition) is 2. The van der Waals surface area contributed by atoms with Gasteiger partial charge in [0.1, 0.15) is 0 Å². The fourth-order valence-electron chi connectivity index (χ4n) is 5.02. The first-order chi connectivity index (χ1) is 17.2. The summed E-state index contributed by atoms with van der Waals surface area (Å²) in [5, 5.41) is 3.89. The highest BCUT2D eigenvalue weighted by atomic mass is 19.4. The lowest BCUT2D eigenvalue weighted by atomic mass is 9.84. The quantitative estimate of drug-likeness (QED) is 0.284. The maximum atomic E-state index is 14.0. The fraction of sp³-hybridized carbons (Fsp3) is 0.483. The molecule has 36 heavy (non-hydrogen) atoms. The van der Waals surface area contributed by atoms with E-state index in [9.17, 15) is 18.0 Å². The largest absolute Gasteiger partial charge is 0.416 e. The summed E-state index contributed by atoms with van der Waals surface area (Å²) in [6.07, 6.45) is -0.236. The number of aryl methyl sites for hydroxylation is 1.